The van der Waals surface area contributed by atoms with Gasteiger partial charge >= 0.3 is 0 Å². The zero-order valence-electron chi connectivity index (χ0n) is 10.6. The summed E-state index contributed by atoms with van der Waals surface area (Å²) in [6.45, 7) is 0. The van der Waals surface area contributed by atoms with Gasteiger partial charge in [-0.25, -0.2) is 0 Å². The lowest BCUT2D eigenvalue weighted by Gasteiger charge is -2.23. The number of rotatable bonds is 2. The Kier molecular flexibility index (Phi) is 3.39. The molecule has 0 amide bonds. The fraction of sp³-hybridized carbons (Fsp3) is 0.235. The number of carbonyl (C=O) groups excluding carboxylic acids is 1. The first-order chi connectivity index (χ1) is 9.24. The summed E-state index contributed by atoms with van der Waals surface area (Å²) < 4.78 is 0. The SMILES string of the molecule is O=C1c2ccccc2CC[C@H]1Cc1ccc(Cl)cc1. The molecule has 0 fully saturated rings. The lowest BCUT2D eigenvalue weighted by Crippen LogP contribution is -2.24. The van der Waals surface area contributed by atoms with Crippen LogP contribution in [0.25, 0.3) is 0 Å². The van der Waals surface area contributed by atoms with E-state index in [1.165, 1.54) is 11.1 Å². The van der Waals surface area contributed by atoms with Crippen LogP contribution < -0.4 is 0 Å². The molecule has 0 unspecified atom stereocenters. The number of halogens is 1. The molecule has 2 heteroatoms. The summed E-state index contributed by atoms with van der Waals surface area (Å²) in [4.78, 5) is 12.5. The topological polar surface area (TPSA) is 17.1 Å². The van der Waals surface area contributed by atoms with Crippen LogP contribution in [-0.4, -0.2) is 5.78 Å². The molecule has 0 saturated heterocycles. The summed E-state index contributed by atoms with van der Waals surface area (Å²) in [7, 11) is 0. The Hall–Kier alpha value is -1.60. The number of benzene rings is 2. The zero-order valence-corrected chi connectivity index (χ0v) is 11.4. The maximum Gasteiger partial charge on any atom is 0.166 e. The van der Waals surface area contributed by atoms with Crippen LogP contribution in [0.4, 0.5) is 0 Å². The molecule has 1 nitrogen and oxygen atoms in total. The fourth-order valence-electron chi connectivity index (χ4n) is 2.76. The first-order valence-corrected chi connectivity index (χ1v) is 6.98. The summed E-state index contributed by atoms with van der Waals surface area (Å²) >= 11 is 5.88. The van der Waals surface area contributed by atoms with Gasteiger partial charge in [0, 0.05) is 16.5 Å². The minimum Gasteiger partial charge on any atom is -0.294 e. The molecule has 1 aliphatic rings. The van der Waals surface area contributed by atoms with Gasteiger partial charge in [-0.3, -0.25) is 4.79 Å². The molecule has 0 aromatic heterocycles. The predicted molar refractivity (Wildman–Crippen MR) is 77.7 cm³/mol. The quantitative estimate of drug-likeness (QED) is 0.794. The highest BCUT2D eigenvalue weighted by Gasteiger charge is 2.26. The van der Waals surface area contributed by atoms with Gasteiger partial charge in [-0.1, -0.05) is 48.0 Å². The fourth-order valence-corrected chi connectivity index (χ4v) is 2.89. The van der Waals surface area contributed by atoms with Gasteiger partial charge in [0.2, 0.25) is 0 Å². The van der Waals surface area contributed by atoms with Crippen molar-refractivity contribution in [2.75, 3.05) is 0 Å². The lowest BCUT2D eigenvalue weighted by molar-refractivity contribution is 0.0901. The van der Waals surface area contributed by atoms with Crippen molar-refractivity contribution in [1.82, 2.24) is 0 Å². The van der Waals surface area contributed by atoms with Crippen molar-refractivity contribution < 1.29 is 4.79 Å². The van der Waals surface area contributed by atoms with Gasteiger partial charge < -0.3 is 0 Å². The maximum atomic E-state index is 12.5. The number of Topliss-reactive ketones (excluding diaryl/α,β-unsaturated/α-hetero) is 1. The Labute approximate surface area is 118 Å². The molecule has 0 radical (unpaired) electrons. The largest absolute Gasteiger partial charge is 0.294 e. The molecular weight excluding hydrogens is 256 g/mol. The van der Waals surface area contributed by atoms with E-state index in [9.17, 15) is 4.79 Å². The van der Waals surface area contributed by atoms with Gasteiger partial charge in [0.25, 0.3) is 0 Å². The molecule has 19 heavy (non-hydrogen) atoms. The third kappa shape index (κ3) is 2.57. The van der Waals surface area contributed by atoms with E-state index >= 15 is 0 Å². The van der Waals surface area contributed by atoms with E-state index < -0.39 is 0 Å². The third-order valence-corrected chi connectivity index (χ3v) is 4.06. The molecule has 1 atom stereocenters. The van der Waals surface area contributed by atoms with Gasteiger partial charge in [0.1, 0.15) is 0 Å². The highest BCUT2D eigenvalue weighted by Crippen LogP contribution is 2.28. The first-order valence-electron chi connectivity index (χ1n) is 6.60. The third-order valence-electron chi connectivity index (χ3n) is 3.81. The molecule has 3 rings (SSSR count). The zero-order chi connectivity index (χ0) is 13.2. The minimum absolute atomic E-state index is 0.107. The van der Waals surface area contributed by atoms with Crippen LogP contribution in [0.2, 0.25) is 5.02 Å². The highest BCUT2D eigenvalue weighted by atomic mass is 35.5. The van der Waals surface area contributed by atoms with Crippen molar-refractivity contribution in [2.24, 2.45) is 5.92 Å². The average Bonchev–Trinajstić information content (AvgIpc) is 2.45. The molecule has 0 heterocycles. The molecule has 0 aliphatic heterocycles. The Morgan fingerprint density at radius 2 is 1.79 bits per heavy atom. The van der Waals surface area contributed by atoms with Crippen molar-refractivity contribution in [1.29, 1.82) is 0 Å². The summed E-state index contributed by atoms with van der Waals surface area (Å²) in [6, 6.07) is 15.8. The summed E-state index contributed by atoms with van der Waals surface area (Å²) in [6.07, 6.45) is 2.75. The van der Waals surface area contributed by atoms with Gasteiger partial charge in [-0.05, 0) is 42.5 Å². The Morgan fingerprint density at radius 3 is 2.58 bits per heavy atom. The van der Waals surface area contributed by atoms with Crippen LogP contribution in [0.5, 0.6) is 0 Å². The van der Waals surface area contributed by atoms with Crippen LogP contribution in [-0.2, 0) is 12.8 Å². The van der Waals surface area contributed by atoms with E-state index in [1.54, 1.807) is 0 Å². The summed E-state index contributed by atoms with van der Waals surface area (Å²) in [5.74, 6) is 0.396. The van der Waals surface area contributed by atoms with Crippen LogP contribution in [0.3, 0.4) is 0 Å². The molecule has 2 aromatic carbocycles. The number of ketones is 1. The molecular formula is C17H15ClO. The van der Waals surface area contributed by atoms with Crippen molar-refractivity contribution in [2.45, 2.75) is 19.3 Å². The second-order valence-corrected chi connectivity index (χ2v) is 5.52. The normalized spacial score (nSPS) is 18.2. The van der Waals surface area contributed by atoms with Crippen LogP contribution in [0.15, 0.2) is 48.5 Å². The average molecular weight is 271 g/mol. The Balaban J connectivity index is 1.81. The van der Waals surface area contributed by atoms with Gasteiger partial charge in [-0.2, -0.15) is 0 Å². The minimum atomic E-state index is 0.107. The molecule has 0 N–H and O–H groups in total. The monoisotopic (exact) mass is 270 g/mol. The maximum absolute atomic E-state index is 12.5. The van der Waals surface area contributed by atoms with E-state index in [0.717, 1.165) is 29.8 Å². The summed E-state index contributed by atoms with van der Waals surface area (Å²) in [5, 5.41) is 0.740. The van der Waals surface area contributed by atoms with Crippen LogP contribution in [0.1, 0.15) is 27.9 Å². The second-order valence-electron chi connectivity index (χ2n) is 5.09. The van der Waals surface area contributed by atoms with Crippen LogP contribution in [0, 0.1) is 5.92 Å². The van der Waals surface area contributed by atoms with E-state index in [-0.39, 0.29) is 11.7 Å². The number of carbonyl (C=O) groups is 1. The highest BCUT2D eigenvalue weighted by molar-refractivity contribution is 6.30. The number of fused-ring (bicyclic) bond motifs is 1. The summed E-state index contributed by atoms with van der Waals surface area (Å²) in [5.41, 5.74) is 3.29. The van der Waals surface area contributed by atoms with Gasteiger partial charge in [-0.15, -0.1) is 0 Å². The first kappa shape index (κ1) is 12.4. The molecule has 0 spiro atoms. The van der Waals surface area contributed by atoms with Crippen LogP contribution >= 0.6 is 11.6 Å². The number of hydrogen-bond donors (Lipinski definition) is 0. The van der Waals surface area contributed by atoms with E-state index in [1.807, 2.05) is 42.5 Å². The smallest absolute Gasteiger partial charge is 0.166 e. The van der Waals surface area contributed by atoms with Crippen molar-refractivity contribution in [3.8, 4) is 0 Å². The van der Waals surface area contributed by atoms with Gasteiger partial charge in [0.15, 0.2) is 5.78 Å². The van der Waals surface area contributed by atoms with Crippen molar-refractivity contribution in [3.05, 3.63) is 70.2 Å². The van der Waals surface area contributed by atoms with Crippen molar-refractivity contribution >= 4 is 17.4 Å². The van der Waals surface area contributed by atoms with E-state index in [2.05, 4.69) is 6.07 Å². The molecule has 96 valence electrons. The van der Waals surface area contributed by atoms with Crippen molar-refractivity contribution in [3.63, 3.8) is 0 Å². The second kappa shape index (κ2) is 5.18. The van der Waals surface area contributed by atoms with E-state index in [4.69, 9.17) is 11.6 Å². The van der Waals surface area contributed by atoms with E-state index in [0.29, 0.717) is 0 Å². The Morgan fingerprint density at radius 1 is 1.05 bits per heavy atom. The Bertz CT molecular complexity index is 601. The number of hydrogen-bond acceptors (Lipinski definition) is 1. The number of aryl methyl sites for hydroxylation is 1. The standard InChI is InChI=1S/C17H15ClO/c18-15-9-5-12(6-10-15)11-14-8-7-13-3-1-2-4-16(13)17(14)19/h1-6,9-10,14H,7-8,11H2/t14-/m0/s1. The molecule has 2 aromatic rings. The molecule has 0 saturated carbocycles. The predicted octanol–water partition coefficient (Wildman–Crippen LogP) is 4.33. The molecule has 1 aliphatic carbocycles. The lowest BCUT2D eigenvalue weighted by atomic mass is 9.80. The molecule has 0 bridgehead atoms. The van der Waals surface area contributed by atoms with Gasteiger partial charge in [0.05, 0.1) is 0 Å².